The number of amides is 2. The molecule has 2 rings (SSSR count). The Morgan fingerprint density at radius 3 is 1.48 bits per heavy atom. The van der Waals surface area contributed by atoms with E-state index in [0.717, 1.165) is 17.8 Å². The van der Waals surface area contributed by atoms with Crippen molar-refractivity contribution in [3.63, 3.8) is 0 Å². The van der Waals surface area contributed by atoms with Gasteiger partial charge in [0.05, 0.1) is 22.7 Å². The smallest absolute Gasteiger partial charge is 0.248 e. The lowest BCUT2D eigenvalue weighted by Crippen LogP contribution is -2.14. The molecule has 8 nitrogen and oxygen atoms in total. The van der Waals surface area contributed by atoms with Gasteiger partial charge in [-0.1, -0.05) is 0 Å². The van der Waals surface area contributed by atoms with Gasteiger partial charge in [-0.3, -0.25) is 9.59 Å². The molecule has 8 heteroatoms. The first-order valence-corrected chi connectivity index (χ1v) is 7.75. The highest BCUT2D eigenvalue weighted by Gasteiger charge is 2.06. The maximum Gasteiger partial charge on any atom is 0.248 e. The lowest BCUT2D eigenvalue weighted by molar-refractivity contribution is 0.0992. The minimum Gasteiger partial charge on any atom is -0.397 e. The van der Waals surface area contributed by atoms with Gasteiger partial charge >= 0.3 is 0 Å². The number of hydrogen-bond acceptors (Lipinski definition) is 6. The second-order valence-electron chi connectivity index (χ2n) is 5.54. The Morgan fingerprint density at radius 2 is 1.16 bits per heavy atom. The fraction of sp³-hybridized carbons (Fsp3) is 0.176. The maximum atomic E-state index is 11.1. The van der Waals surface area contributed by atoms with Crippen LogP contribution < -0.4 is 33.6 Å². The lowest BCUT2D eigenvalue weighted by Gasteiger charge is -2.12. The molecule has 0 radical (unpaired) electrons. The zero-order chi connectivity index (χ0) is 18.4. The highest BCUT2D eigenvalue weighted by Crippen LogP contribution is 2.21. The quantitative estimate of drug-likeness (QED) is 0.309. The van der Waals surface area contributed by atoms with E-state index in [2.05, 4.69) is 10.6 Å². The summed E-state index contributed by atoms with van der Waals surface area (Å²) >= 11 is 0. The number of hydrogen-bond donors (Lipinski definition) is 6. The summed E-state index contributed by atoms with van der Waals surface area (Å²) in [4.78, 5) is 22.2. The van der Waals surface area contributed by atoms with Crippen molar-refractivity contribution in [3.05, 3.63) is 47.5 Å². The largest absolute Gasteiger partial charge is 0.397 e. The summed E-state index contributed by atoms with van der Waals surface area (Å²) in [6, 6.07) is 9.79. The zero-order valence-electron chi connectivity index (χ0n) is 13.7. The molecular weight excluding hydrogens is 320 g/mol. The SMILES string of the molecule is NC(=O)c1ccc(NCCCNc2ccc(C(N)=O)cc2N)c(N)c1. The Balaban J connectivity index is 1.80. The summed E-state index contributed by atoms with van der Waals surface area (Å²) in [5, 5.41) is 6.39. The maximum absolute atomic E-state index is 11.1. The van der Waals surface area contributed by atoms with Gasteiger partial charge in [-0.25, -0.2) is 0 Å². The van der Waals surface area contributed by atoms with Crippen LogP contribution >= 0.6 is 0 Å². The molecular formula is C17H22N6O2. The first-order valence-electron chi connectivity index (χ1n) is 7.75. The van der Waals surface area contributed by atoms with Crippen LogP contribution in [0.1, 0.15) is 27.1 Å². The van der Waals surface area contributed by atoms with Gasteiger partial charge in [-0.2, -0.15) is 0 Å². The van der Waals surface area contributed by atoms with Gasteiger partial charge < -0.3 is 33.6 Å². The fourth-order valence-corrected chi connectivity index (χ4v) is 2.29. The Hall–Kier alpha value is -3.42. The number of nitrogen functional groups attached to an aromatic ring is 2. The Morgan fingerprint density at radius 1 is 0.760 bits per heavy atom. The normalized spacial score (nSPS) is 10.2. The molecule has 25 heavy (non-hydrogen) atoms. The van der Waals surface area contributed by atoms with Crippen molar-refractivity contribution in [3.8, 4) is 0 Å². The van der Waals surface area contributed by atoms with Crippen LogP contribution in [0.5, 0.6) is 0 Å². The zero-order valence-corrected chi connectivity index (χ0v) is 13.7. The summed E-state index contributed by atoms with van der Waals surface area (Å²) in [6.45, 7) is 1.35. The molecule has 2 aromatic carbocycles. The fourth-order valence-electron chi connectivity index (χ4n) is 2.29. The number of nitrogens with one attached hydrogen (secondary N) is 2. The number of primary amides is 2. The summed E-state index contributed by atoms with van der Waals surface area (Å²) in [5.74, 6) is -1.02. The van der Waals surface area contributed by atoms with Crippen molar-refractivity contribution in [2.24, 2.45) is 11.5 Å². The molecule has 0 aliphatic rings. The standard InChI is InChI=1S/C17H22N6O2/c18-12-8-10(16(20)24)2-4-14(12)22-6-1-7-23-15-5-3-11(17(21)25)9-13(15)19/h2-5,8-9,22-23H,1,6-7,18-19H2,(H2,20,24)(H2,21,25). The van der Waals surface area contributed by atoms with Crippen LogP contribution in [0.2, 0.25) is 0 Å². The molecule has 0 fully saturated rings. The summed E-state index contributed by atoms with van der Waals surface area (Å²) in [6.07, 6.45) is 0.800. The summed E-state index contributed by atoms with van der Waals surface area (Å²) < 4.78 is 0. The predicted molar refractivity (Wildman–Crippen MR) is 100 cm³/mol. The van der Waals surface area contributed by atoms with Gasteiger partial charge in [-0.15, -0.1) is 0 Å². The molecule has 0 aromatic heterocycles. The van der Waals surface area contributed by atoms with Crippen LogP contribution in [0.25, 0.3) is 0 Å². The van der Waals surface area contributed by atoms with E-state index < -0.39 is 11.8 Å². The van der Waals surface area contributed by atoms with E-state index in [4.69, 9.17) is 22.9 Å². The van der Waals surface area contributed by atoms with E-state index >= 15 is 0 Å². The van der Waals surface area contributed by atoms with Crippen molar-refractivity contribution < 1.29 is 9.59 Å². The first-order chi connectivity index (χ1) is 11.9. The predicted octanol–water partition coefficient (Wildman–Crippen LogP) is 0.963. The van der Waals surface area contributed by atoms with Crippen LogP contribution in [0.3, 0.4) is 0 Å². The minimum atomic E-state index is -0.512. The van der Waals surface area contributed by atoms with Gasteiger partial charge in [0.1, 0.15) is 0 Å². The first kappa shape index (κ1) is 17.9. The number of nitrogens with two attached hydrogens (primary N) is 4. The van der Waals surface area contributed by atoms with Crippen LogP contribution in [0, 0.1) is 0 Å². The van der Waals surface area contributed by atoms with Crippen molar-refractivity contribution >= 4 is 34.6 Å². The average Bonchev–Trinajstić information content (AvgIpc) is 2.56. The van der Waals surface area contributed by atoms with E-state index in [0.29, 0.717) is 35.6 Å². The molecule has 0 spiro atoms. The van der Waals surface area contributed by atoms with Crippen LogP contribution in [-0.2, 0) is 0 Å². The molecule has 10 N–H and O–H groups in total. The highest BCUT2D eigenvalue weighted by atomic mass is 16.1. The molecule has 2 amide bonds. The van der Waals surface area contributed by atoms with E-state index in [-0.39, 0.29) is 0 Å². The molecule has 0 bridgehead atoms. The third-order valence-electron chi connectivity index (χ3n) is 3.66. The number of rotatable bonds is 8. The number of anilines is 4. The monoisotopic (exact) mass is 342 g/mol. The second-order valence-corrected chi connectivity index (χ2v) is 5.54. The number of carbonyl (C=O) groups is 2. The highest BCUT2D eigenvalue weighted by molar-refractivity contribution is 5.95. The lowest BCUT2D eigenvalue weighted by atomic mass is 10.1. The van der Waals surface area contributed by atoms with Gasteiger partial charge in [0.15, 0.2) is 0 Å². The topological polar surface area (TPSA) is 162 Å². The molecule has 132 valence electrons. The molecule has 0 aliphatic heterocycles. The van der Waals surface area contributed by atoms with Crippen molar-refractivity contribution in [1.29, 1.82) is 0 Å². The Labute approximate surface area is 145 Å². The third kappa shape index (κ3) is 4.77. The Bertz CT molecular complexity index is 725. The summed E-state index contributed by atoms with van der Waals surface area (Å²) in [5.41, 5.74) is 25.4. The third-order valence-corrected chi connectivity index (χ3v) is 3.66. The average molecular weight is 342 g/mol. The van der Waals surface area contributed by atoms with Gasteiger partial charge in [0, 0.05) is 24.2 Å². The Kier molecular flexibility index (Phi) is 5.67. The van der Waals surface area contributed by atoms with E-state index in [1.807, 2.05) is 0 Å². The molecule has 2 aromatic rings. The van der Waals surface area contributed by atoms with E-state index in [1.165, 1.54) is 0 Å². The van der Waals surface area contributed by atoms with Gasteiger partial charge in [0.2, 0.25) is 11.8 Å². The van der Waals surface area contributed by atoms with E-state index in [1.54, 1.807) is 36.4 Å². The van der Waals surface area contributed by atoms with Gasteiger partial charge in [-0.05, 0) is 42.8 Å². The molecule has 0 heterocycles. The molecule has 0 aliphatic carbocycles. The minimum absolute atomic E-state index is 0.375. The van der Waals surface area contributed by atoms with Crippen LogP contribution in [-0.4, -0.2) is 24.9 Å². The summed E-state index contributed by atoms with van der Waals surface area (Å²) in [7, 11) is 0. The van der Waals surface area contributed by atoms with Crippen molar-refractivity contribution in [1.82, 2.24) is 0 Å². The number of benzene rings is 2. The second kappa shape index (κ2) is 7.91. The van der Waals surface area contributed by atoms with Crippen molar-refractivity contribution in [2.45, 2.75) is 6.42 Å². The van der Waals surface area contributed by atoms with Crippen LogP contribution in [0.15, 0.2) is 36.4 Å². The molecule has 0 unspecified atom stereocenters. The van der Waals surface area contributed by atoms with Crippen LogP contribution in [0.4, 0.5) is 22.7 Å². The van der Waals surface area contributed by atoms with E-state index in [9.17, 15) is 9.59 Å². The van der Waals surface area contributed by atoms with Gasteiger partial charge in [0.25, 0.3) is 0 Å². The number of carbonyl (C=O) groups excluding carboxylic acids is 2. The molecule has 0 saturated carbocycles. The van der Waals surface area contributed by atoms with Crippen molar-refractivity contribution in [2.75, 3.05) is 35.2 Å². The molecule has 0 saturated heterocycles. The molecule has 0 atom stereocenters.